The Bertz CT molecular complexity index is 74.1. The molecule has 2 N–H and O–H groups in total. The predicted octanol–water partition coefficient (Wildman–Crippen LogP) is -0.167. The van der Waals surface area contributed by atoms with Crippen LogP contribution in [0.5, 0.6) is 0 Å². The van der Waals surface area contributed by atoms with Gasteiger partial charge in [0, 0.05) is 6.54 Å². The summed E-state index contributed by atoms with van der Waals surface area (Å²) >= 11 is 3.85. The first-order chi connectivity index (χ1) is 3.18. The number of carbonyl (C=O) groups excluding carboxylic acids is 1. The number of carbonyl (C=O) groups is 1. The monoisotopic (exact) mass is 119 g/mol. The number of rotatable bonds is 2. The Labute approximate surface area is 48.5 Å². The Morgan fingerprint density at radius 3 is 2.43 bits per heavy atom. The van der Waals surface area contributed by atoms with E-state index in [0.717, 1.165) is 0 Å². The van der Waals surface area contributed by atoms with Gasteiger partial charge in [0.05, 0.1) is 5.25 Å². The molecule has 0 bridgehead atoms. The van der Waals surface area contributed by atoms with Gasteiger partial charge in [0.1, 0.15) is 5.78 Å². The second-order valence-electron chi connectivity index (χ2n) is 1.36. The van der Waals surface area contributed by atoms with Gasteiger partial charge in [-0.05, 0) is 6.92 Å². The molecule has 0 aliphatic rings. The minimum absolute atomic E-state index is 0.0332. The SMILES string of the molecule is CC(=O)C(S)CN. The number of hydrogen-bond donors (Lipinski definition) is 2. The number of thiol groups is 1. The molecular formula is C4H9NOS. The van der Waals surface area contributed by atoms with Crippen LogP contribution in [0.1, 0.15) is 6.92 Å². The van der Waals surface area contributed by atoms with Gasteiger partial charge in [0.25, 0.3) is 0 Å². The number of nitrogens with two attached hydrogens (primary N) is 1. The lowest BCUT2D eigenvalue weighted by Crippen LogP contribution is -2.21. The second kappa shape index (κ2) is 3.04. The van der Waals surface area contributed by atoms with E-state index in [4.69, 9.17) is 5.73 Å². The van der Waals surface area contributed by atoms with Crippen molar-refractivity contribution in [3.05, 3.63) is 0 Å². The van der Waals surface area contributed by atoms with Gasteiger partial charge in [-0.2, -0.15) is 12.6 Å². The molecule has 3 heteroatoms. The fourth-order valence-electron chi connectivity index (χ4n) is 0.166. The van der Waals surface area contributed by atoms with Gasteiger partial charge in [-0.25, -0.2) is 0 Å². The van der Waals surface area contributed by atoms with Crippen LogP contribution in [0.15, 0.2) is 0 Å². The molecule has 2 nitrogen and oxygen atoms in total. The molecule has 0 heterocycles. The van der Waals surface area contributed by atoms with E-state index in [-0.39, 0.29) is 11.0 Å². The zero-order valence-electron chi connectivity index (χ0n) is 4.22. The lowest BCUT2D eigenvalue weighted by molar-refractivity contribution is -0.116. The van der Waals surface area contributed by atoms with Gasteiger partial charge in [-0.3, -0.25) is 4.79 Å². The molecule has 0 aliphatic heterocycles. The summed E-state index contributed by atoms with van der Waals surface area (Å²) in [5.41, 5.74) is 5.08. The van der Waals surface area contributed by atoms with Crippen molar-refractivity contribution < 1.29 is 4.79 Å². The fraction of sp³-hybridized carbons (Fsp3) is 0.750. The van der Waals surface area contributed by atoms with E-state index in [1.165, 1.54) is 6.92 Å². The van der Waals surface area contributed by atoms with Gasteiger partial charge in [0.2, 0.25) is 0 Å². The molecule has 0 saturated heterocycles. The summed E-state index contributed by atoms with van der Waals surface area (Å²) in [6.07, 6.45) is 0. The van der Waals surface area contributed by atoms with Gasteiger partial charge < -0.3 is 5.73 Å². The summed E-state index contributed by atoms with van der Waals surface area (Å²) < 4.78 is 0. The molecule has 42 valence electrons. The normalized spacial score (nSPS) is 13.6. The van der Waals surface area contributed by atoms with Gasteiger partial charge >= 0.3 is 0 Å². The van der Waals surface area contributed by atoms with Gasteiger partial charge in [0.15, 0.2) is 0 Å². The summed E-state index contributed by atoms with van der Waals surface area (Å²) in [7, 11) is 0. The van der Waals surface area contributed by atoms with Crippen LogP contribution in [0.25, 0.3) is 0 Å². The summed E-state index contributed by atoms with van der Waals surface area (Å²) in [5, 5.41) is -0.264. The summed E-state index contributed by atoms with van der Waals surface area (Å²) in [5.74, 6) is 0.0332. The van der Waals surface area contributed by atoms with Crippen LogP contribution in [0.2, 0.25) is 0 Å². The number of hydrogen-bond acceptors (Lipinski definition) is 3. The zero-order chi connectivity index (χ0) is 5.86. The van der Waals surface area contributed by atoms with E-state index in [1.54, 1.807) is 0 Å². The van der Waals surface area contributed by atoms with Crippen LogP contribution in [0.3, 0.4) is 0 Å². The van der Waals surface area contributed by atoms with Crippen LogP contribution in [0.4, 0.5) is 0 Å². The zero-order valence-corrected chi connectivity index (χ0v) is 5.11. The number of ketones is 1. The van der Waals surface area contributed by atoms with E-state index in [9.17, 15) is 4.79 Å². The first kappa shape index (κ1) is 6.98. The van der Waals surface area contributed by atoms with Gasteiger partial charge in [-0.1, -0.05) is 0 Å². The van der Waals surface area contributed by atoms with Crippen molar-refractivity contribution in [3.63, 3.8) is 0 Å². The van der Waals surface area contributed by atoms with E-state index < -0.39 is 0 Å². The van der Waals surface area contributed by atoms with Gasteiger partial charge in [-0.15, -0.1) is 0 Å². The lowest BCUT2D eigenvalue weighted by Gasteiger charge is -1.97. The highest BCUT2D eigenvalue weighted by Gasteiger charge is 2.02. The Morgan fingerprint density at radius 2 is 2.43 bits per heavy atom. The third kappa shape index (κ3) is 2.65. The quantitative estimate of drug-likeness (QED) is 0.496. The molecule has 0 amide bonds. The van der Waals surface area contributed by atoms with E-state index in [1.807, 2.05) is 0 Å². The molecule has 0 saturated carbocycles. The standard InChI is InChI=1S/C4H9NOS/c1-3(6)4(7)2-5/h4,7H,2,5H2,1H3. The van der Waals surface area contributed by atoms with Crippen LogP contribution < -0.4 is 5.73 Å². The molecule has 0 aromatic rings. The van der Waals surface area contributed by atoms with Crippen molar-refractivity contribution in [2.45, 2.75) is 12.2 Å². The first-order valence-corrected chi connectivity index (χ1v) is 2.58. The topological polar surface area (TPSA) is 43.1 Å². The van der Waals surface area contributed by atoms with Crippen molar-refractivity contribution in [1.82, 2.24) is 0 Å². The molecule has 0 aromatic heterocycles. The maximum atomic E-state index is 10.2. The molecule has 0 radical (unpaired) electrons. The highest BCUT2D eigenvalue weighted by atomic mass is 32.1. The maximum absolute atomic E-state index is 10.2. The van der Waals surface area contributed by atoms with Crippen molar-refractivity contribution in [2.24, 2.45) is 5.73 Å². The third-order valence-electron chi connectivity index (χ3n) is 0.693. The summed E-state index contributed by atoms with van der Waals surface area (Å²) in [6, 6.07) is 0. The average molecular weight is 119 g/mol. The van der Waals surface area contributed by atoms with Crippen molar-refractivity contribution in [1.29, 1.82) is 0 Å². The molecule has 0 aliphatic carbocycles. The van der Waals surface area contributed by atoms with Crippen molar-refractivity contribution >= 4 is 18.4 Å². The summed E-state index contributed by atoms with van der Waals surface area (Å²) in [4.78, 5) is 10.2. The van der Waals surface area contributed by atoms with Crippen LogP contribution in [-0.4, -0.2) is 17.6 Å². The Hall–Kier alpha value is -0.0200. The van der Waals surface area contributed by atoms with Crippen molar-refractivity contribution in [3.8, 4) is 0 Å². The van der Waals surface area contributed by atoms with E-state index in [0.29, 0.717) is 6.54 Å². The molecule has 0 spiro atoms. The molecule has 1 unspecified atom stereocenters. The largest absolute Gasteiger partial charge is 0.329 e. The molecule has 0 fully saturated rings. The lowest BCUT2D eigenvalue weighted by atomic mass is 10.3. The molecule has 1 atom stereocenters. The van der Waals surface area contributed by atoms with Crippen molar-refractivity contribution in [2.75, 3.05) is 6.54 Å². The highest BCUT2D eigenvalue weighted by Crippen LogP contribution is 1.90. The molecule has 0 aromatic carbocycles. The van der Waals surface area contributed by atoms with Crippen LogP contribution >= 0.6 is 12.6 Å². The van der Waals surface area contributed by atoms with E-state index >= 15 is 0 Å². The highest BCUT2D eigenvalue weighted by molar-refractivity contribution is 7.81. The predicted molar refractivity (Wildman–Crippen MR) is 32.5 cm³/mol. The van der Waals surface area contributed by atoms with Crippen LogP contribution in [-0.2, 0) is 4.79 Å². The number of Topliss-reactive ketones (excluding diaryl/α,β-unsaturated/α-hetero) is 1. The molecule has 7 heavy (non-hydrogen) atoms. The average Bonchev–Trinajstić information content (AvgIpc) is 1.65. The molecular weight excluding hydrogens is 110 g/mol. The second-order valence-corrected chi connectivity index (χ2v) is 1.99. The summed E-state index contributed by atoms with van der Waals surface area (Å²) in [6.45, 7) is 1.81. The minimum atomic E-state index is -0.264. The van der Waals surface area contributed by atoms with Crippen LogP contribution in [0, 0.1) is 0 Å². The third-order valence-corrected chi connectivity index (χ3v) is 1.27. The van der Waals surface area contributed by atoms with E-state index in [2.05, 4.69) is 12.6 Å². The first-order valence-electron chi connectivity index (χ1n) is 2.07. The Morgan fingerprint density at radius 1 is 2.00 bits per heavy atom. The smallest absolute Gasteiger partial charge is 0.143 e. The minimum Gasteiger partial charge on any atom is -0.329 e. The molecule has 0 rings (SSSR count). The Kier molecular flexibility index (Phi) is 3.04. The maximum Gasteiger partial charge on any atom is 0.143 e. The Balaban J connectivity index is 3.34. The fourth-order valence-corrected chi connectivity index (χ4v) is 0.166.